The van der Waals surface area contributed by atoms with Gasteiger partial charge in [-0.2, -0.15) is 0 Å². The number of esters is 1. The van der Waals surface area contributed by atoms with Crippen LogP contribution < -0.4 is 4.90 Å². The van der Waals surface area contributed by atoms with Gasteiger partial charge in [-0.3, -0.25) is 4.79 Å². The standard InChI is InChI=1S/C13H13BrFNO4/c1-20-13(19)9-3-8(14)4-10(12(9)15)16-5-7(6-17)2-11(16)18/h3-4,7,17H,2,5-6H2,1H3. The lowest BCUT2D eigenvalue weighted by atomic mass is 10.1. The fourth-order valence-electron chi connectivity index (χ4n) is 2.17. The van der Waals surface area contributed by atoms with Gasteiger partial charge in [-0.25, -0.2) is 9.18 Å². The molecule has 1 amide bonds. The van der Waals surface area contributed by atoms with Gasteiger partial charge in [0, 0.05) is 30.0 Å². The number of ether oxygens (including phenoxy) is 1. The average molecular weight is 346 g/mol. The van der Waals surface area contributed by atoms with E-state index in [4.69, 9.17) is 5.11 Å². The van der Waals surface area contributed by atoms with Crippen LogP contribution in [0, 0.1) is 11.7 Å². The molecule has 7 heteroatoms. The molecule has 0 aliphatic carbocycles. The number of nitrogens with zero attached hydrogens (tertiary/aromatic N) is 1. The molecule has 1 unspecified atom stereocenters. The van der Waals surface area contributed by atoms with E-state index in [1.807, 2.05) is 0 Å². The molecule has 1 heterocycles. The third kappa shape index (κ3) is 2.69. The van der Waals surface area contributed by atoms with Gasteiger partial charge in [0.15, 0.2) is 5.82 Å². The van der Waals surface area contributed by atoms with Gasteiger partial charge < -0.3 is 14.7 Å². The van der Waals surface area contributed by atoms with E-state index < -0.39 is 11.8 Å². The maximum absolute atomic E-state index is 14.4. The Bertz CT molecular complexity index is 564. The fraction of sp³-hybridized carbons (Fsp3) is 0.385. The number of anilines is 1. The van der Waals surface area contributed by atoms with Crippen LogP contribution in [0.15, 0.2) is 16.6 Å². The average Bonchev–Trinajstić information content (AvgIpc) is 2.81. The minimum absolute atomic E-state index is 0.0146. The van der Waals surface area contributed by atoms with Crippen molar-refractivity contribution < 1.29 is 23.8 Å². The first kappa shape index (κ1) is 14.9. The van der Waals surface area contributed by atoms with Crippen LogP contribution in [0.2, 0.25) is 0 Å². The molecular weight excluding hydrogens is 333 g/mol. The zero-order valence-corrected chi connectivity index (χ0v) is 12.3. The fourth-order valence-corrected chi connectivity index (χ4v) is 2.61. The van der Waals surface area contributed by atoms with E-state index in [1.54, 1.807) is 0 Å². The Morgan fingerprint density at radius 2 is 2.30 bits per heavy atom. The van der Waals surface area contributed by atoms with Crippen LogP contribution in [0.5, 0.6) is 0 Å². The summed E-state index contributed by atoms with van der Waals surface area (Å²) < 4.78 is 19.4. The van der Waals surface area contributed by atoms with E-state index in [-0.39, 0.29) is 42.6 Å². The predicted octanol–water partition coefficient (Wildman–Crippen LogP) is 1.72. The second-order valence-corrected chi connectivity index (χ2v) is 5.45. The van der Waals surface area contributed by atoms with Crippen molar-refractivity contribution in [1.29, 1.82) is 0 Å². The molecule has 1 aromatic carbocycles. The summed E-state index contributed by atoms with van der Waals surface area (Å²) in [5, 5.41) is 9.10. The Balaban J connectivity index is 2.44. The summed E-state index contributed by atoms with van der Waals surface area (Å²) in [6.07, 6.45) is 0.163. The summed E-state index contributed by atoms with van der Waals surface area (Å²) in [4.78, 5) is 24.6. The molecule has 1 N–H and O–H groups in total. The second kappa shape index (κ2) is 5.88. The molecule has 1 fully saturated rings. The van der Waals surface area contributed by atoms with Gasteiger partial charge in [0.2, 0.25) is 5.91 Å². The molecule has 1 atom stereocenters. The zero-order valence-electron chi connectivity index (χ0n) is 10.7. The van der Waals surface area contributed by atoms with Gasteiger partial charge >= 0.3 is 5.97 Å². The highest BCUT2D eigenvalue weighted by Gasteiger charge is 2.33. The lowest BCUT2D eigenvalue weighted by Gasteiger charge is -2.19. The number of hydrogen-bond acceptors (Lipinski definition) is 4. The highest BCUT2D eigenvalue weighted by atomic mass is 79.9. The molecular formula is C13H13BrFNO4. The van der Waals surface area contributed by atoms with Gasteiger partial charge in [0.05, 0.1) is 18.4 Å². The molecule has 0 saturated carbocycles. The number of carbonyl (C=O) groups is 2. The van der Waals surface area contributed by atoms with Crippen LogP contribution in [0.25, 0.3) is 0 Å². The van der Waals surface area contributed by atoms with E-state index >= 15 is 0 Å². The van der Waals surface area contributed by atoms with Gasteiger partial charge in [-0.15, -0.1) is 0 Å². The van der Waals surface area contributed by atoms with Crippen LogP contribution in [0.1, 0.15) is 16.8 Å². The largest absolute Gasteiger partial charge is 0.465 e. The van der Waals surface area contributed by atoms with Crippen LogP contribution >= 0.6 is 15.9 Å². The molecule has 0 radical (unpaired) electrons. The summed E-state index contributed by atoms with van der Waals surface area (Å²) in [5.41, 5.74) is -0.224. The van der Waals surface area contributed by atoms with Crippen molar-refractivity contribution >= 4 is 33.5 Å². The first-order chi connectivity index (χ1) is 9.47. The molecule has 1 aliphatic heterocycles. The van der Waals surface area contributed by atoms with Crippen LogP contribution in [0.4, 0.5) is 10.1 Å². The highest BCUT2D eigenvalue weighted by molar-refractivity contribution is 9.10. The SMILES string of the molecule is COC(=O)c1cc(Br)cc(N2CC(CO)CC2=O)c1F. The summed E-state index contributed by atoms with van der Waals surface area (Å²) in [7, 11) is 1.16. The third-order valence-corrected chi connectivity index (χ3v) is 3.64. The van der Waals surface area contributed by atoms with E-state index in [0.717, 1.165) is 7.11 Å². The lowest BCUT2D eigenvalue weighted by molar-refractivity contribution is -0.117. The smallest absolute Gasteiger partial charge is 0.340 e. The monoisotopic (exact) mass is 345 g/mol. The van der Waals surface area contributed by atoms with Crippen molar-refractivity contribution in [2.75, 3.05) is 25.2 Å². The highest BCUT2D eigenvalue weighted by Crippen LogP contribution is 2.32. The molecule has 0 spiro atoms. The molecule has 1 aliphatic rings. The zero-order chi connectivity index (χ0) is 14.9. The van der Waals surface area contributed by atoms with E-state index in [9.17, 15) is 14.0 Å². The van der Waals surface area contributed by atoms with E-state index in [0.29, 0.717) is 4.47 Å². The van der Waals surface area contributed by atoms with Crippen LogP contribution in [-0.4, -0.2) is 37.2 Å². The summed E-state index contributed by atoms with van der Waals surface area (Å²) in [5.74, 6) is -2.11. The molecule has 2 rings (SSSR count). The van der Waals surface area contributed by atoms with E-state index in [2.05, 4.69) is 20.7 Å². The van der Waals surface area contributed by atoms with Crippen molar-refractivity contribution in [2.24, 2.45) is 5.92 Å². The van der Waals surface area contributed by atoms with Gasteiger partial charge in [-0.05, 0) is 12.1 Å². The number of benzene rings is 1. The number of hydrogen-bond donors (Lipinski definition) is 1. The summed E-state index contributed by atoms with van der Waals surface area (Å²) in [6.45, 7) is 0.0883. The predicted molar refractivity (Wildman–Crippen MR) is 73.0 cm³/mol. The number of amides is 1. The van der Waals surface area contributed by atoms with Crippen molar-refractivity contribution in [2.45, 2.75) is 6.42 Å². The van der Waals surface area contributed by atoms with Crippen molar-refractivity contribution in [3.63, 3.8) is 0 Å². The third-order valence-electron chi connectivity index (χ3n) is 3.18. The van der Waals surface area contributed by atoms with Crippen molar-refractivity contribution in [3.05, 3.63) is 28.0 Å². The number of aliphatic hydroxyl groups is 1. The molecule has 1 saturated heterocycles. The maximum Gasteiger partial charge on any atom is 0.340 e. The Kier molecular flexibility index (Phi) is 4.39. The Morgan fingerprint density at radius 1 is 1.60 bits per heavy atom. The molecule has 5 nitrogen and oxygen atoms in total. The van der Waals surface area contributed by atoms with Crippen LogP contribution in [-0.2, 0) is 9.53 Å². The number of rotatable bonds is 3. The minimum Gasteiger partial charge on any atom is -0.465 e. The minimum atomic E-state index is -0.810. The molecule has 0 bridgehead atoms. The van der Waals surface area contributed by atoms with Gasteiger partial charge in [-0.1, -0.05) is 15.9 Å². The molecule has 108 valence electrons. The van der Waals surface area contributed by atoms with Crippen LogP contribution in [0.3, 0.4) is 0 Å². The van der Waals surface area contributed by atoms with Gasteiger partial charge in [0.1, 0.15) is 0 Å². The van der Waals surface area contributed by atoms with Gasteiger partial charge in [0.25, 0.3) is 0 Å². The summed E-state index contributed by atoms with van der Waals surface area (Å²) in [6, 6.07) is 2.73. The van der Waals surface area contributed by atoms with E-state index in [1.165, 1.54) is 17.0 Å². The molecule has 1 aromatic rings. The Labute approximate surface area is 123 Å². The van der Waals surface area contributed by atoms with Crippen molar-refractivity contribution in [3.8, 4) is 0 Å². The maximum atomic E-state index is 14.4. The first-order valence-corrected chi connectivity index (χ1v) is 6.75. The lowest BCUT2D eigenvalue weighted by Crippen LogP contribution is -2.26. The summed E-state index contributed by atoms with van der Waals surface area (Å²) >= 11 is 3.18. The second-order valence-electron chi connectivity index (χ2n) is 4.54. The number of halogens is 2. The normalized spacial score (nSPS) is 18.5. The first-order valence-electron chi connectivity index (χ1n) is 5.96. The number of aliphatic hydroxyl groups excluding tert-OH is 1. The number of carbonyl (C=O) groups excluding carboxylic acids is 2. The topological polar surface area (TPSA) is 66.8 Å². The number of methoxy groups -OCH3 is 1. The quantitative estimate of drug-likeness (QED) is 0.847. The molecule has 20 heavy (non-hydrogen) atoms. The Hall–Kier alpha value is -1.47. The van der Waals surface area contributed by atoms with Crippen molar-refractivity contribution in [1.82, 2.24) is 0 Å². The molecule has 0 aromatic heterocycles. The Morgan fingerprint density at radius 3 is 2.85 bits per heavy atom.